The van der Waals surface area contributed by atoms with E-state index in [2.05, 4.69) is 15.9 Å². The van der Waals surface area contributed by atoms with Crippen LogP contribution in [-0.4, -0.2) is 23.3 Å². The average Bonchev–Trinajstić information content (AvgIpc) is 2.51. The van der Waals surface area contributed by atoms with Gasteiger partial charge < -0.3 is 14.6 Å². The largest absolute Gasteiger partial charge is 0.507 e. The van der Waals surface area contributed by atoms with Crippen molar-refractivity contribution in [1.29, 1.82) is 0 Å². The number of esters is 1. The molecule has 0 radical (unpaired) electrons. The third-order valence-electron chi connectivity index (χ3n) is 3.64. The van der Waals surface area contributed by atoms with Crippen molar-refractivity contribution in [1.82, 2.24) is 0 Å². The van der Waals surface area contributed by atoms with Gasteiger partial charge in [0.05, 0.1) is 12.2 Å². The van der Waals surface area contributed by atoms with Gasteiger partial charge in [-0.15, -0.1) is 0 Å². The molecule has 0 bridgehead atoms. The second-order valence-corrected chi connectivity index (χ2v) is 7.40. The molecule has 0 aliphatic heterocycles. The van der Waals surface area contributed by atoms with Gasteiger partial charge >= 0.3 is 5.97 Å². The summed E-state index contributed by atoms with van der Waals surface area (Å²) in [6.07, 6.45) is -0.995. The summed E-state index contributed by atoms with van der Waals surface area (Å²) >= 11 is 3.58. The van der Waals surface area contributed by atoms with Gasteiger partial charge in [0.1, 0.15) is 5.75 Å². The van der Waals surface area contributed by atoms with E-state index in [0.717, 1.165) is 15.4 Å². The van der Waals surface area contributed by atoms with Crippen LogP contribution in [0, 0.1) is 6.92 Å². The number of benzene rings is 2. The molecule has 0 heterocycles. The zero-order valence-electron chi connectivity index (χ0n) is 14.6. The molecule has 4 nitrogen and oxygen atoms in total. The molecule has 5 heteroatoms. The summed E-state index contributed by atoms with van der Waals surface area (Å²) in [5.74, 6) is -0.457. The Morgan fingerprint density at radius 2 is 1.83 bits per heavy atom. The monoisotopic (exact) mass is 394 g/mol. The smallest absolute Gasteiger partial charge is 0.340 e. The number of carbonyl (C=O) groups is 1. The van der Waals surface area contributed by atoms with Crippen LogP contribution in [0.2, 0.25) is 0 Å². The van der Waals surface area contributed by atoms with E-state index in [0.29, 0.717) is 10.9 Å². The van der Waals surface area contributed by atoms with Crippen LogP contribution in [0.3, 0.4) is 0 Å². The molecule has 24 heavy (non-hydrogen) atoms. The molecule has 1 N–H and O–H groups in total. The normalized spacial score (nSPS) is 13.1. The van der Waals surface area contributed by atoms with E-state index in [1.807, 2.05) is 52.0 Å². The number of halogens is 1. The molecule has 0 fully saturated rings. The SMILES string of the molecule is CCOC(=O)C(OC(C)(C)C)c1c(C)c(Br)c2ccccc2c1O. The van der Waals surface area contributed by atoms with Gasteiger partial charge in [0.15, 0.2) is 6.10 Å². The van der Waals surface area contributed by atoms with Gasteiger partial charge in [-0.1, -0.05) is 24.3 Å². The molecule has 1 atom stereocenters. The van der Waals surface area contributed by atoms with Crippen LogP contribution in [0.15, 0.2) is 28.7 Å². The number of carbonyl (C=O) groups excluding carboxylic acids is 1. The highest BCUT2D eigenvalue weighted by atomic mass is 79.9. The number of hydrogen-bond acceptors (Lipinski definition) is 4. The fraction of sp³-hybridized carbons (Fsp3) is 0.421. The first-order chi connectivity index (χ1) is 11.2. The molecule has 130 valence electrons. The Hall–Kier alpha value is -1.59. The molecule has 0 saturated carbocycles. The molecular weight excluding hydrogens is 372 g/mol. The maximum Gasteiger partial charge on any atom is 0.340 e. The lowest BCUT2D eigenvalue weighted by Gasteiger charge is -2.28. The molecule has 0 amide bonds. The second-order valence-electron chi connectivity index (χ2n) is 6.61. The van der Waals surface area contributed by atoms with Gasteiger partial charge in [-0.2, -0.15) is 0 Å². The average molecular weight is 395 g/mol. The number of aromatic hydroxyl groups is 1. The molecule has 1 unspecified atom stereocenters. The molecule has 0 spiro atoms. The Balaban J connectivity index is 2.71. The van der Waals surface area contributed by atoms with Crippen molar-refractivity contribution in [2.24, 2.45) is 0 Å². The zero-order chi connectivity index (χ0) is 18.1. The van der Waals surface area contributed by atoms with Gasteiger partial charge in [-0.25, -0.2) is 4.79 Å². The predicted octanol–water partition coefficient (Wildman–Crippen LogP) is 5.04. The standard InChI is InChI=1S/C19H23BrO4/c1-6-23-18(22)17(24-19(3,4)5)14-11(2)15(20)12-9-7-8-10-13(12)16(14)21/h7-10,17,21H,6H2,1-5H3. The Kier molecular flexibility index (Phi) is 5.56. The predicted molar refractivity (Wildman–Crippen MR) is 98.3 cm³/mol. The van der Waals surface area contributed by atoms with E-state index >= 15 is 0 Å². The fourth-order valence-electron chi connectivity index (χ4n) is 2.64. The van der Waals surface area contributed by atoms with Crippen molar-refractivity contribution in [2.75, 3.05) is 6.61 Å². The molecule has 2 aromatic rings. The van der Waals surface area contributed by atoms with Gasteiger partial charge in [-0.3, -0.25) is 0 Å². The summed E-state index contributed by atoms with van der Waals surface area (Å²) in [4.78, 5) is 12.5. The molecule has 0 aliphatic rings. The van der Waals surface area contributed by atoms with Gasteiger partial charge in [0.2, 0.25) is 0 Å². The Morgan fingerprint density at radius 1 is 1.25 bits per heavy atom. The lowest BCUT2D eigenvalue weighted by atomic mass is 9.95. The van der Waals surface area contributed by atoms with Crippen molar-refractivity contribution >= 4 is 32.7 Å². The summed E-state index contributed by atoms with van der Waals surface area (Å²) in [6, 6.07) is 7.48. The number of phenols is 1. The van der Waals surface area contributed by atoms with Crippen molar-refractivity contribution in [3.8, 4) is 5.75 Å². The van der Waals surface area contributed by atoms with Gasteiger partial charge in [0, 0.05) is 15.4 Å². The van der Waals surface area contributed by atoms with E-state index in [9.17, 15) is 9.90 Å². The number of fused-ring (bicyclic) bond motifs is 1. The molecule has 0 aromatic heterocycles. The number of ether oxygens (including phenoxy) is 2. The number of hydrogen-bond donors (Lipinski definition) is 1. The maximum absolute atomic E-state index is 12.5. The van der Waals surface area contributed by atoms with Crippen LogP contribution < -0.4 is 0 Å². The fourth-order valence-corrected chi connectivity index (χ4v) is 3.20. The van der Waals surface area contributed by atoms with Crippen molar-refractivity contribution < 1.29 is 19.4 Å². The molecular formula is C19H23BrO4. The van der Waals surface area contributed by atoms with Crippen LogP contribution in [0.1, 0.15) is 44.9 Å². The molecule has 2 rings (SSSR count). The van der Waals surface area contributed by atoms with E-state index in [-0.39, 0.29) is 12.4 Å². The Bertz CT molecular complexity index is 762. The number of phenolic OH excluding ortho intramolecular Hbond substituents is 1. The first kappa shape index (κ1) is 18.7. The van der Waals surface area contributed by atoms with Gasteiger partial charge in [-0.05, 0) is 61.5 Å². The minimum atomic E-state index is -0.995. The van der Waals surface area contributed by atoms with Crippen molar-refractivity contribution in [2.45, 2.75) is 46.3 Å². The van der Waals surface area contributed by atoms with Crippen LogP contribution in [0.5, 0.6) is 5.75 Å². The minimum Gasteiger partial charge on any atom is -0.507 e. The third kappa shape index (κ3) is 3.73. The Labute approximate surface area is 150 Å². The first-order valence-electron chi connectivity index (χ1n) is 7.91. The quantitative estimate of drug-likeness (QED) is 0.738. The third-order valence-corrected chi connectivity index (χ3v) is 4.66. The topological polar surface area (TPSA) is 55.8 Å². The van der Waals surface area contributed by atoms with Crippen LogP contribution in [0.25, 0.3) is 10.8 Å². The van der Waals surface area contributed by atoms with Crippen molar-refractivity contribution in [3.05, 3.63) is 39.9 Å². The van der Waals surface area contributed by atoms with Crippen molar-refractivity contribution in [3.63, 3.8) is 0 Å². The van der Waals surface area contributed by atoms with Crippen LogP contribution in [0.4, 0.5) is 0 Å². The van der Waals surface area contributed by atoms with E-state index < -0.39 is 17.7 Å². The Morgan fingerprint density at radius 3 is 2.38 bits per heavy atom. The first-order valence-corrected chi connectivity index (χ1v) is 8.70. The summed E-state index contributed by atoms with van der Waals surface area (Å²) in [5, 5.41) is 12.4. The van der Waals surface area contributed by atoms with E-state index in [1.165, 1.54) is 0 Å². The molecule has 2 aromatic carbocycles. The highest BCUT2D eigenvalue weighted by Gasteiger charge is 2.33. The van der Waals surface area contributed by atoms with Gasteiger partial charge in [0.25, 0.3) is 0 Å². The molecule has 0 saturated heterocycles. The zero-order valence-corrected chi connectivity index (χ0v) is 16.2. The maximum atomic E-state index is 12.5. The highest BCUT2D eigenvalue weighted by Crippen LogP contribution is 2.43. The second kappa shape index (κ2) is 7.11. The highest BCUT2D eigenvalue weighted by molar-refractivity contribution is 9.10. The van der Waals surface area contributed by atoms with E-state index in [1.54, 1.807) is 6.92 Å². The lowest BCUT2D eigenvalue weighted by Crippen LogP contribution is -2.29. The molecule has 0 aliphatic carbocycles. The lowest BCUT2D eigenvalue weighted by molar-refractivity contribution is -0.167. The minimum absolute atomic E-state index is 0.0496. The number of rotatable bonds is 4. The summed E-state index contributed by atoms with van der Waals surface area (Å²) in [5.41, 5.74) is 0.622. The summed E-state index contributed by atoms with van der Waals surface area (Å²) in [6.45, 7) is 9.43. The summed E-state index contributed by atoms with van der Waals surface area (Å²) in [7, 11) is 0. The van der Waals surface area contributed by atoms with E-state index in [4.69, 9.17) is 9.47 Å². The van der Waals surface area contributed by atoms with Crippen LogP contribution in [-0.2, 0) is 14.3 Å². The summed E-state index contributed by atoms with van der Waals surface area (Å²) < 4.78 is 12.0. The van der Waals surface area contributed by atoms with Crippen LogP contribution >= 0.6 is 15.9 Å².